The first-order chi connectivity index (χ1) is 6.38. The van der Waals surface area contributed by atoms with Gasteiger partial charge >= 0.3 is 0 Å². The molecule has 0 N–H and O–H groups in total. The standard InChI is InChI=1S/C11H20N2O/c1-8(2)10-12-9(13-14-10)6-7-11(3,4)5/h8H,6-7H2,1-5H3. The van der Waals surface area contributed by atoms with Gasteiger partial charge in [0.25, 0.3) is 0 Å². The van der Waals surface area contributed by atoms with Crippen molar-refractivity contribution < 1.29 is 4.52 Å². The zero-order valence-electron chi connectivity index (χ0n) is 9.79. The minimum atomic E-state index is 0.325. The largest absolute Gasteiger partial charge is 0.339 e. The molecule has 0 amide bonds. The Morgan fingerprint density at radius 1 is 1.29 bits per heavy atom. The van der Waals surface area contributed by atoms with Gasteiger partial charge < -0.3 is 4.52 Å². The summed E-state index contributed by atoms with van der Waals surface area (Å²) in [6.45, 7) is 10.8. The van der Waals surface area contributed by atoms with Gasteiger partial charge in [0, 0.05) is 12.3 Å². The van der Waals surface area contributed by atoms with Gasteiger partial charge in [0.05, 0.1) is 0 Å². The summed E-state index contributed by atoms with van der Waals surface area (Å²) in [6.07, 6.45) is 1.99. The van der Waals surface area contributed by atoms with Gasteiger partial charge in [-0.05, 0) is 11.8 Å². The zero-order valence-corrected chi connectivity index (χ0v) is 9.79. The third kappa shape index (κ3) is 3.48. The summed E-state index contributed by atoms with van der Waals surface area (Å²) in [6, 6.07) is 0. The van der Waals surface area contributed by atoms with Crippen LogP contribution in [0.15, 0.2) is 4.52 Å². The van der Waals surface area contributed by atoms with E-state index in [9.17, 15) is 0 Å². The second-order valence-corrected chi connectivity index (χ2v) is 5.26. The molecule has 0 aliphatic carbocycles. The second-order valence-electron chi connectivity index (χ2n) is 5.26. The Bertz CT molecular complexity index is 284. The number of hydrogen-bond acceptors (Lipinski definition) is 3. The van der Waals surface area contributed by atoms with E-state index in [1.165, 1.54) is 0 Å². The van der Waals surface area contributed by atoms with Crippen LogP contribution in [0.3, 0.4) is 0 Å². The van der Waals surface area contributed by atoms with Gasteiger partial charge in [-0.15, -0.1) is 0 Å². The molecule has 1 aromatic heterocycles. The van der Waals surface area contributed by atoms with Crippen molar-refractivity contribution in [2.24, 2.45) is 5.41 Å². The first kappa shape index (κ1) is 11.2. The molecule has 0 aliphatic heterocycles. The first-order valence-electron chi connectivity index (χ1n) is 5.21. The molecule has 1 aromatic rings. The Morgan fingerprint density at radius 3 is 2.36 bits per heavy atom. The summed E-state index contributed by atoms with van der Waals surface area (Å²) >= 11 is 0. The van der Waals surface area contributed by atoms with Gasteiger partial charge in [-0.3, -0.25) is 0 Å². The Labute approximate surface area is 85.9 Å². The van der Waals surface area contributed by atoms with Gasteiger partial charge in [-0.1, -0.05) is 39.8 Å². The van der Waals surface area contributed by atoms with E-state index in [0.29, 0.717) is 11.3 Å². The number of aryl methyl sites for hydroxylation is 1. The lowest BCUT2D eigenvalue weighted by Gasteiger charge is -2.15. The number of nitrogens with zero attached hydrogens (tertiary/aromatic N) is 2. The predicted molar refractivity (Wildman–Crippen MR) is 56.2 cm³/mol. The Kier molecular flexibility index (Phi) is 3.29. The summed E-state index contributed by atoms with van der Waals surface area (Å²) in [5, 5.41) is 3.95. The molecular weight excluding hydrogens is 176 g/mol. The molecule has 0 radical (unpaired) electrons. The smallest absolute Gasteiger partial charge is 0.229 e. The molecular formula is C11H20N2O. The van der Waals surface area contributed by atoms with Crippen LogP contribution in [0, 0.1) is 5.41 Å². The average molecular weight is 196 g/mol. The molecule has 0 aliphatic rings. The molecule has 0 bridgehead atoms. The normalized spacial score (nSPS) is 12.4. The van der Waals surface area contributed by atoms with Crippen LogP contribution in [0.1, 0.15) is 58.7 Å². The van der Waals surface area contributed by atoms with Crippen molar-refractivity contribution in [1.82, 2.24) is 10.1 Å². The summed E-state index contributed by atoms with van der Waals surface area (Å²) < 4.78 is 5.13. The third-order valence-corrected chi connectivity index (χ3v) is 2.08. The number of rotatable bonds is 3. The van der Waals surface area contributed by atoms with E-state index in [2.05, 4.69) is 44.8 Å². The predicted octanol–water partition coefficient (Wildman–Crippen LogP) is 3.17. The average Bonchev–Trinajstić information content (AvgIpc) is 2.47. The topological polar surface area (TPSA) is 38.9 Å². The quantitative estimate of drug-likeness (QED) is 0.745. The Balaban J connectivity index is 2.52. The molecule has 0 saturated heterocycles. The van der Waals surface area contributed by atoms with Crippen LogP contribution in [-0.2, 0) is 6.42 Å². The van der Waals surface area contributed by atoms with Crippen LogP contribution in [0.5, 0.6) is 0 Å². The summed E-state index contributed by atoms with van der Waals surface area (Å²) in [5.41, 5.74) is 0.332. The molecule has 1 heterocycles. The number of aromatic nitrogens is 2. The molecule has 1 rings (SSSR count). The lowest BCUT2D eigenvalue weighted by atomic mass is 9.90. The van der Waals surface area contributed by atoms with E-state index in [4.69, 9.17) is 4.52 Å². The van der Waals surface area contributed by atoms with Crippen molar-refractivity contribution in [2.75, 3.05) is 0 Å². The maximum Gasteiger partial charge on any atom is 0.229 e. The molecule has 14 heavy (non-hydrogen) atoms. The highest BCUT2D eigenvalue weighted by molar-refractivity contribution is 4.91. The molecule has 0 spiro atoms. The molecule has 3 heteroatoms. The highest BCUT2D eigenvalue weighted by atomic mass is 16.5. The molecule has 0 aromatic carbocycles. The van der Waals surface area contributed by atoms with Gasteiger partial charge in [-0.2, -0.15) is 4.98 Å². The van der Waals surface area contributed by atoms with E-state index in [1.807, 2.05) is 0 Å². The number of hydrogen-bond donors (Lipinski definition) is 0. The lowest BCUT2D eigenvalue weighted by molar-refractivity contribution is 0.349. The van der Waals surface area contributed by atoms with Crippen LogP contribution in [-0.4, -0.2) is 10.1 Å². The zero-order chi connectivity index (χ0) is 10.8. The van der Waals surface area contributed by atoms with Crippen LogP contribution in [0.25, 0.3) is 0 Å². The van der Waals surface area contributed by atoms with Crippen LogP contribution >= 0.6 is 0 Å². The molecule has 3 nitrogen and oxygen atoms in total. The molecule has 0 atom stereocenters. The Hall–Kier alpha value is -0.860. The highest BCUT2D eigenvalue weighted by Gasteiger charge is 2.14. The van der Waals surface area contributed by atoms with E-state index in [1.54, 1.807) is 0 Å². The molecule has 0 unspecified atom stereocenters. The van der Waals surface area contributed by atoms with Crippen molar-refractivity contribution >= 4 is 0 Å². The fourth-order valence-corrected chi connectivity index (χ4v) is 1.09. The minimum absolute atomic E-state index is 0.325. The van der Waals surface area contributed by atoms with E-state index in [-0.39, 0.29) is 0 Å². The first-order valence-corrected chi connectivity index (χ1v) is 5.21. The van der Waals surface area contributed by atoms with Crippen LogP contribution < -0.4 is 0 Å². The lowest BCUT2D eigenvalue weighted by Crippen LogP contribution is -2.07. The summed E-state index contributed by atoms with van der Waals surface area (Å²) in [7, 11) is 0. The van der Waals surface area contributed by atoms with Crippen molar-refractivity contribution in [2.45, 2.75) is 53.4 Å². The summed E-state index contributed by atoms with van der Waals surface area (Å²) in [5.74, 6) is 1.91. The van der Waals surface area contributed by atoms with Gasteiger partial charge in [-0.25, -0.2) is 0 Å². The SMILES string of the molecule is CC(C)c1nc(CCC(C)(C)C)no1. The van der Waals surface area contributed by atoms with Crippen LogP contribution in [0.2, 0.25) is 0 Å². The van der Waals surface area contributed by atoms with Crippen molar-refractivity contribution in [3.05, 3.63) is 11.7 Å². The van der Waals surface area contributed by atoms with Gasteiger partial charge in [0.1, 0.15) is 0 Å². The van der Waals surface area contributed by atoms with E-state index in [0.717, 1.165) is 24.6 Å². The van der Waals surface area contributed by atoms with Gasteiger partial charge in [0.15, 0.2) is 5.82 Å². The van der Waals surface area contributed by atoms with E-state index < -0.39 is 0 Å². The Morgan fingerprint density at radius 2 is 1.93 bits per heavy atom. The van der Waals surface area contributed by atoms with Crippen molar-refractivity contribution in [3.8, 4) is 0 Å². The van der Waals surface area contributed by atoms with Crippen LogP contribution in [0.4, 0.5) is 0 Å². The third-order valence-electron chi connectivity index (χ3n) is 2.08. The molecule has 0 saturated carbocycles. The van der Waals surface area contributed by atoms with Gasteiger partial charge in [0.2, 0.25) is 5.89 Å². The monoisotopic (exact) mass is 196 g/mol. The fourth-order valence-electron chi connectivity index (χ4n) is 1.09. The molecule has 0 fully saturated rings. The van der Waals surface area contributed by atoms with Crippen molar-refractivity contribution in [3.63, 3.8) is 0 Å². The maximum absolute atomic E-state index is 5.13. The van der Waals surface area contributed by atoms with Crippen molar-refractivity contribution in [1.29, 1.82) is 0 Å². The minimum Gasteiger partial charge on any atom is -0.339 e. The highest BCUT2D eigenvalue weighted by Crippen LogP contribution is 2.21. The fraction of sp³-hybridized carbons (Fsp3) is 0.818. The second kappa shape index (κ2) is 4.11. The molecule has 80 valence electrons. The maximum atomic E-state index is 5.13. The van der Waals surface area contributed by atoms with E-state index >= 15 is 0 Å². The summed E-state index contributed by atoms with van der Waals surface area (Å²) in [4.78, 5) is 4.34.